The lowest BCUT2D eigenvalue weighted by atomic mass is 10.1. The van der Waals surface area contributed by atoms with Crippen LogP contribution < -0.4 is 0 Å². The summed E-state index contributed by atoms with van der Waals surface area (Å²) in [6, 6.07) is 0. The fraction of sp³-hybridized carbons (Fsp3) is 0.667. The molecule has 0 aromatic heterocycles. The number of allylic oxidation sites excluding steroid dienone is 2. The molecule has 0 aliphatic heterocycles. The molecule has 0 atom stereocenters. The molecule has 11 heteroatoms. The van der Waals surface area contributed by atoms with Crippen molar-refractivity contribution >= 4 is 0 Å². The van der Waals surface area contributed by atoms with Crippen LogP contribution in [0.4, 0.5) is 48.3 Å². The summed E-state index contributed by atoms with van der Waals surface area (Å²) in [5.41, 5.74) is 0. The lowest BCUT2D eigenvalue weighted by Crippen LogP contribution is -2.51. The summed E-state index contributed by atoms with van der Waals surface area (Å²) >= 11 is 0. The predicted octanol–water partition coefficient (Wildman–Crippen LogP) is 4.24. The smallest absolute Gasteiger partial charge is 0.202 e. The third-order valence-electron chi connectivity index (χ3n) is 1.35. The minimum atomic E-state index is -6.82. The Balaban J connectivity index is 5.45. The Kier molecular flexibility index (Phi) is 3.77. The highest BCUT2D eigenvalue weighted by Crippen LogP contribution is 2.48. The van der Waals surface area contributed by atoms with Crippen molar-refractivity contribution in [2.45, 2.75) is 24.2 Å². The Labute approximate surface area is 85.7 Å². The Bertz CT molecular complexity index is 303. The number of alkyl halides is 10. The van der Waals surface area contributed by atoms with Gasteiger partial charge in [-0.25, -0.2) is 4.39 Å². The largest absolute Gasteiger partial charge is 0.460 e. The number of halogens is 11. The maximum absolute atomic E-state index is 12.2. The second kappa shape index (κ2) is 4.02. The average molecular weight is 282 g/mol. The predicted molar refractivity (Wildman–Crippen MR) is 31.2 cm³/mol. The normalized spacial score (nSPS) is 16.3. The first kappa shape index (κ1) is 16.0. The van der Waals surface area contributed by atoms with Crippen molar-refractivity contribution in [1.82, 2.24) is 0 Å². The van der Waals surface area contributed by atoms with Crippen LogP contribution >= 0.6 is 0 Å². The van der Waals surface area contributed by atoms with E-state index in [1.165, 1.54) is 0 Å². The molecule has 0 unspecified atom stereocenters. The van der Waals surface area contributed by atoms with Crippen LogP contribution in [0.3, 0.4) is 0 Å². The molecule has 0 aromatic rings. The van der Waals surface area contributed by atoms with Gasteiger partial charge in [0.05, 0.1) is 0 Å². The Morgan fingerprint density at radius 3 is 1.29 bits per heavy atom. The lowest BCUT2D eigenvalue weighted by molar-refractivity contribution is -0.342. The maximum atomic E-state index is 12.2. The van der Waals surface area contributed by atoms with Crippen molar-refractivity contribution in [3.05, 3.63) is 11.9 Å². The van der Waals surface area contributed by atoms with Gasteiger partial charge >= 0.3 is 24.2 Å². The van der Waals surface area contributed by atoms with Gasteiger partial charge in [0.1, 0.15) is 0 Å². The average Bonchev–Trinajstić information content (AvgIpc) is 1.98. The summed E-state index contributed by atoms with van der Waals surface area (Å²) < 4.78 is 129. The first-order valence-corrected chi connectivity index (χ1v) is 3.41. The first-order valence-electron chi connectivity index (χ1n) is 3.41. The molecule has 0 fully saturated rings. The van der Waals surface area contributed by atoms with Crippen LogP contribution in [0, 0.1) is 0 Å². The topological polar surface area (TPSA) is 0 Å². The van der Waals surface area contributed by atoms with E-state index in [-0.39, 0.29) is 0 Å². The first-order chi connectivity index (χ1) is 7.13. The molecule has 0 heterocycles. The zero-order chi connectivity index (χ0) is 14.3. The van der Waals surface area contributed by atoms with Gasteiger partial charge in [0.25, 0.3) is 0 Å². The molecule has 0 N–H and O–H groups in total. The molecule has 0 nitrogen and oxygen atoms in total. The zero-order valence-corrected chi connectivity index (χ0v) is 7.23. The Morgan fingerprint density at radius 1 is 0.706 bits per heavy atom. The van der Waals surface area contributed by atoms with E-state index in [2.05, 4.69) is 0 Å². The van der Waals surface area contributed by atoms with E-state index in [1.54, 1.807) is 0 Å². The van der Waals surface area contributed by atoms with Crippen LogP contribution in [-0.4, -0.2) is 24.2 Å². The highest BCUT2D eigenvalue weighted by molar-refractivity contribution is 5.12. The molecule has 0 aliphatic rings. The standard InChI is InChI=1S/C6HF11/c7-2(4(10,11)12)1-3(8,9)5(13,14)6(15,16)17/h1H. The Morgan fingerprint density at radius 2 is 1.06 bits per heavy atom. The third-order valence-corrected chi connectivity index (χ3v) is 1.35. The minimum absolute atomic E-state index is 2.11. The molecule has 0 aliphatic carbocycles. The van der Waals surface area contributed by atoms with Crippen molar-refractivity contribution < 1.29 is 48.3 Å². The summed E-state index contributed by atoms with van der Waals surface area (Å²) in [6.45, 7) is 0. The van der Waals surface area contributed by atoms with Gasteiger partial charge in [-0.1, -0.05) is 0 Å². The minimum Gasteiger partial charge on any atom is -0.202 e. The van der Waals surface area contributed by atoms with Crippen LogP contribution in [0.5, 0.6) is 0 Å². The van der Waals surface area contributed by atoms with Crippen LogP contribution in [0.1, 0.15) is 0 Å². The maximum Gasteiger partial charge on any atom is 0.460 e. The molecule has 0 radical (unpaired) electrons. The number of hydrogen-bond donors (Lipinski definition) is 0. The highest BCUT2D eigenvalue weighted by Gasteiger charge is 2.72. The second-order valence-electron chi connectivity index (χ2n) is 2.69. The van der Waals surface area contributed by atoms with Gasteiger partial charge in [0.15, 0.2) is 0 Å². The molecule has 102 valence electrons. The molecule has 17 heavy (non-hydrogen) atoms. The summed E-state index contributed by atoms with van der Waals surface area (Å²) in [5, 5.41) is 0. The van der Waals surface area contributed by atoms with Crippen LogP contribution in [-0.2, 0) is 0 Å². The van der Waals surface area contributed by atoms with Gasteiger partial charge in [0.2, 0.25) is 5.83 Å². The number of hydrogen-bond acceptors (Lipinski definition) is 0. The fourth-order valence-electron chi connectivity index (χ4n) is 0.521. The summed E-state index contributed by atoms with van der Waals surface area (Å²) in [6.07, 6.45) is -15.0. The van der Waals surface area contributed by atoms with E-state index in [0.717, 1.165) is 0 Å². The van der Waals surface area contributed by atoms with Crippen LogP contribution in [0.2, 0.25) is 0 Å². The van der Waals surface area contributed by atoms with Gasteiger partial charge in [-0.15, -0.1) is 0 Å². The quantitative estimate of drug-likeness (QED) is 0.665. The van der Waals surface area contributed by atoms with Gasteiger partial charge in [-0.05, 0) is 0 Å². The molecule has 0 saturated heterocycles. The van der Waals surface area contributed by atoms with Gasteiger partial charge < -0.3 is 0 Å². The molecule has 0 bridgehead atoms. The summed E-state index contributed by atoms with van der Waals surface area (Å²) in [4.78, 5) is 0. The lowest BCUT2D eigenvalue weighted by Gasteiger charge is -2.26. The van der Waals surface area contributed by atoms with Crippen LogP contribution in [0.15, 0.2) is 11.9 Å². The van der Waals surface area contributed by atoms with Crippen LogP contribution in [0.25, 0.3) is 0 Å². The molecular weight excluding hydrogens is 281 g/mol. The summed E-state index contributed by atoms with van der Waals surface area (Å²) in [5.74, 6) is -16.9. The van der Waals surface area contributed by atoms with E-state index in [0.29, 0.717) is 0 Å². The van der Waals surface area contributed by atoms with Crippen molar-refractivity contribution in [3.8, 4) is 0 Å². The van der Waals surface area contributed by atoms with Crippen molar-refractivity contribution in [2.75, 3.05) is 0 Å². The van der Waals surface area contributed by atoms with E-state index >= 15 is 0 Å². The highest BCUT2D eigenvalue weighted by atomic mass is 19.4. The molecule has 0 spiro atoms. The van der Waals surface area contributed by atoms with E-state index in [4.69, 9.17) is 0 Å². The van der Waals surface area contributed by atoms with Crippen molar-refractivity contribution in [2.24, 2.45) is 0 Å². The zero-order valence-electron chi connectivity index (χ0n) is 7.23. The SMILES string of the molecule is FC(=CC(F)(F)C(F)(F)C(F)(F)F)C(F)(F)F. The van der Waals surface area contributed by atoms with Gasteiger partial charge in [-0.2, -0.15) is 43.9 Å². The Hall–Kier alpha value is -1.03. The van der Waals surface area contributed by atoms with Gasteiger partial charge in [-0.3, -0.25) is 0 Å². The van der Waals surface area contributed by atoms with E-state index in [1.807, 2.05) is 0 Å². The number of rotatable bonds is 2. The monoisotopic (exact) mass is 282 g/mol. The third kappa shape index (κ3) is 3.22. The molecule has 0 aromatic carbocycles. The molecule has 0 rings (SSSR count). The van der Waals surface area contributed by atoms with Crippen molar-refractivity contribution in [1.29, 1.82) is 0 Å². The molecule has 0 saturated carbocycles. The summed E-state index contributed by atoms with van der Waals surface area (Å²) in [7, 11) is 0. The van der Waals surface area contributed by atoms with Crippen molar-refractivity contribution in [3.63, 3.8) is 0 Å². The molecule has 0 amide bonds. The fourth-order valence-corrected chi connectivity index (χ4v) is 0.521. The van der Waals surface area contributed by atoms with E-state index in [9.17, 15) is 48.3 Å². The molecular formula is C6HF11. The second-order valence-corrected chi connectivity index (χ2v) is 2.69. The van der Waals surface area contributed by atoms with E-state index < -0.39 is 36.1 Å². The van der Waals surface area contributed by atoms with Gasteiger partial charge in [0, 0.05) is 6.08 Å².